The number of hydrogen-bond acceptors (Lipinski definition) is 6. The molecule has 10 heteroatoms. The van der Waals surface area contributed by atoms with Gasteiger partial charge in [-0.25, -0.2) is 0 Å². The number of primary amides is 1. The van der Waals surface area contributed by atoms with Crippen LogP contribution >= 0.6 is 12.2 Å². The number of aromatic amines is 1. The molecule has 9 nitrogen and oxygen atoms in total. The van der Waals surface area contributed by atoms with Gasteiger partial charge in [-0.15, -0.1) is 0 Å². The van der Waals surface area contributed by atoms with Gasteiger partial charge in [0.15, 0.2) is 10.6 Å². The highest BCUT2D eigenvalue weighted by atomic mass is 32.1. The van der Waals surface area contributed by atoms with Crippen LogP contribution in [0.25, 0.3) is 11.4 Å². The molecule has 4 rings (SSSR count). The fourth-order valence-corrected chi connectivity index (χ4v) is 4.53. The third-order valence-electron chi connectivity index (χ3n) is 6.22. The number of nitrogens with two attached hydrogens (primary N) is 1. The Morgan fingerprint density at radius 1 is 1.20 bits per heavy atom. The number of rotatable bonds is 9. The van der Waals surface area contributed by atoms with E-state index in [0.29, 0.717) is 23.7 Å². The van der Waals surface area contributed by atoms with E-state index < -0.39 is 0 Å². The first-order valence-electron chi connectivity index (χ1n) is 11.6. The average molecular weight is 495 g/mol. The highest BCUT2D eigenvalue weighted by molar-refractivity contribution is 7.71. The van der Waals surface area contributed by atoms with Gasteiger partial charge in [0.25, 0.3) is 0 Å². The summed E-state index contributed by atoms with van der Waals surface area (Å²) in [6.45, 7) is 2.81. The summed E-state index contributed by atoms with van der Waals surface area (Å²) in [5.74, 6) is 1.02. The predicted molar refractivity (Wildman–Crippen MR) is 136 cm³/mol. The number of nitrogens with one attached hydrogen (secondary N) is 2. The van der Waals surface area contributed by atoms with E-state index in [9.17, 15) is 9.59 Å². The molecule has 1 aliphatic rings. The number of carbonyl (C=O) groups excluding carboxylic acids is 2. The Morgan fingerprint density at radius 2 is 1.94 bits per heavy atom. The van der Waals surface area contributed by atoms with Gasteiger partial charge in [0.05, 0.1) is 13.0 Å². The lowest BCUT2D eigenvalue weighted by atomic mass is 9.97. The number of H-pyrrole nitrogens is 1. The van der Waals surface area contributed by atoms with Gasteiger partial charge >= 0.3 is 0 Å². The van der Waals surface area contributed by atoms with Gasteiger partial charge in [-0.2, -0.15) is 5.10 Å². The van der Waals surface area contributed by atoms with Crippen LogP contribution in [-0.4, -0.2) is 51.7 Å². The van der Waals surface area contributed by atoms with Gasteiger partial charge in [-0.05, 0) is 73.6 Å². The van der Waals surface area contributed by atoms with Crippen molar-refractivity contribution in [1.82, 2.24) is 19.7 Å². The number of hydrogen-bond donors (Lipinski definition) is 3. The Bertz CT molecular complexity index is 1220. The Labute approximate surface area is 209 Å². The molecule has 3 aromatic rings. The molecule has 2 amide bonds. The van der Waals surface area contributed by atoms with Crippen LogP contribution in [0.2, 0.25) is 0 Å². The monoisotopic (exact) mass is 494 g/mol. The first-order valence-corrected chi connectivity index (χ1v) is 12.0. The van der Waals surface area contributed by atoms with Gasteiger partial charge in [-0.3, -0.25) is 24.2 Å². The molecule has 0 bridgehead atoms. The van der Waals surface area contributed by atoms with Crippen molar-refractivity contribution >= 4 is 29.7 Å². The molecular formula is C25H30N6O3S. The summed E-state index contributed by atoms with van der Waals surface area (Å²) in [6, 6.07) is 15.3. The summed E-state index contributed by atoms with van der Waals surface area (Å²) in [5.41, 5.74) is 8.22. The molecular weight excluding hydrogens is 464 g/mol. The summed E-state index contributed by atoms with van der Waals surface area (Å²) in [6.07, 6.45) is 2.09. The van der Waals surface area contributed by atoms with Crippen LogP contribution in [0.15, 0.2) is 48.5 Å². The van der Waals surface area contributed by atoms with E-state index in [2.05, 4.69) is 20.4 Å². The minimum Gasteiger partial charge on any atom is -0.497 e. The number of likely N-dealkylation sites (tertiary alicyclic amines) is 1. The molecule has 1 atom stereocenters. The average Bonchev–Trinajstić information content (AvgIpc) is 3.24. The van der Waals surface area contributed by atoms with Crippen LogP contribution < -0.4 is 15.8 Å². The molecule has 1 aromatic heterocycles. The van der Waals surface area contributed by atoms with Crippen LogP contribution in [0.1, 0.15) is 24.8 Å². The van der Waals surface area contributed by atoms with Crippen molar-refractivity contribution in [2.24, 2.45) is 11.7 Å². The Kier molecular flexibility index (Phi) is 7.94. The zero-order valence-corrected chi connectivity index (χ0v) is 20.5. The summed E-state index contributed by atoms with van der Waals surface area (Å²) in [7, 11) is 1.62. The standard InChI is InChI=1S/C25H30N6O3S/c1-34-21-10-6-18(7-11-21)24-28-29-25(35)31(24)14-12-22(32)27-20-8-4-17(5-9-20)15-30-13-2-3-19(16-30)23(26)33/h4-11,19H,2-3,12-16H2,1H3,(H2,26,33)(H,27,32)(H,29,35). The lowest BCUT2D eigenvalue weighted by Crippen LogP contribution is -2.40. The third-order valence-corrected chi connectivity index (χ3v) is 6.53. The van der Waals surface area contributed by atoms with Crippen LogP contribution in [0.4, 0.5) is 5.69 Å². The van der Waals surface area contributed by atoms with E-state index in [1.807, 2.05) is 53.1 Å². The molecule has 1 aliphatic heterocycles. The number of benzene rings is 2. The van der Waals surface area contributed by atoms with Gasteiger partial charge in [0, 0.05) is 37.3 Å². The maximum absolute atomic E-state index is 12.6. The number of ether oxygens (including phenoxy) is 1. The Morgan fingerprint density at radius 3 is 2.63 bits per heavy atom. The number of methoxy groups -OCH3 is 1. The molecule has 35 heavy (non-hydrogen) atoms. The van der Waals surface area contributed by atoms with Gasteiger partial charge < -0.3 is 15.8 Å². The van der Waals surface area contributed by atoms with Crippen LogP contribution in [0.5, 0.6) is 5.75 Å². The van der Waals surface area contributed by atoms with Crippen LogP contribution in [0, 0.1) is 10.7 Å². The normalized spacial score (nSPS) is 16.1. The number of nitrogens with zero attached hydrogens (tertiary/aromatic N) is 3. The molecule has 184 valence electrons. The van der Waals surface area contributed by atoms with Gasteiger partial charge in [-0.1, -0.05) is 12.1 Å². The van der Waals surface area contributed by atoms with Crippen molar-refractivity contribution in [2.45, 2.75) is 32.4 Å². The summed E-state index contributed by atoms with van der Waals surface area (Å²) in [5, 5.41) is 10.1. The quantitative estimate of drug-likeness (QED) is 0.393. The zero-order chi connectivity index (χ0) is 24.8. The van der Waals surface area contributed by atoms with E-state index in [0.717, 1.165) is 48.5 Å². The predicted octanol–water partition coefficient (Wildman–Crippen LogP) is 3.34. The second-order valence-corrected chi connectivity index (χ2v) is 9.09. The molecule has 0 aliphatic carbocycles. The van der Waals surface area contributed by atoms with Gasteiger partial charge in [0.2, 0.25) is 11.8 Å². The maximum Gasteiger partial charge on any atom is 0.226 e. The zero-order valence-electron chi connectivity index (χ0n) is 19.7. The van der Waals surface area contributed by atoms with E-state index in [-0.39, 0.29) is 24.2 Å². The fraction of sp³-hybridized carbons (Fsp3) is 0.360. The second kappa shape index (κ2) is 11.3. The summed E-state index contributed by atoms with van der Waals surface area (Å²) in [4.78, 5) is 26.3. The molecule has 4 N–H and O–H groups in total. The molecule has 1 unspecified atom stereocenters. The largest absolute Gasteiger partial charge is 0.497 e. The number of amides is 2. The minimum atomic E-state index is -0.222. The summed E-state index contributed by atoms with van der Waals surface area (Å²) >= 11 is 5.37. The molecule has 0 radical (unpaired) electrons. The number of anilines is 1. The smallest absolute Gasteiger partial charge is 0.226 e. The van der Waals surface area contributed by atoms with Crippen LogP contribution in [-0.2, 0) is 22.7 Å². The Balaban J connectivity index is 1.31. The molecule has 1 fully saturated rings. The highest BCUT2D eigenvalue weighted by Crippen LogP contribution is 2.22. The highest BCUT2D eigenvalue weighted by Gasteiger charge is 2.23. The van der Waals surface area contributed by atoms with Crippen molar-refractivity contribution in [3.8, 4) is 17.1 Å². The van der Waals surface area contributed by atoms with Crippen molar-refractivity contribution < 1.29 is 14.3 Å². The van der Waals surface area contributed by atoms with Crippen molar-refractivity contribution in [3.05, 3.63) is 58.9 Å². The maximum atomic E-state index is 12.6. The van der Waals surface area contributed by atoms with Crippen molar-refractivity contribution in [1.29, 1.82) is 0 Å². The number of piperidine rings is 1. The molecule has 2 heterocycles. The van der Waals surface area contributed by atoms with E-state index in [1.54, 1.807) is 7.11 Å². The summed E-state index contributed by atoms with van der Waals surface area (Å²) < 4.78 is 7.49. The Hall–Kier alpha value is -3.50. The lowest BCUT2D eigenvalue weighted by Gasteiger charge is -2.31. The van der Waals surface area contributed by atoms with Crippen molar-refractivity contribution in [2.75, 3.05) is 25.5 Å². The lowest BCUT2D eigenvalue weighted by molar-refractivity contribution is -0.123. The molecule has 1 saturated heterocycles. The van der Waals surface area contributed by atoms with Crippen LogP contribution in [0.3, 0.4) is 0 Å². The number of aromatic nitrogens is 3. The van der Waals surface area contributed by atoms with Crippen molar-refractivity contribution in [3.63, 3.8) is 0 Å². The molecule has 2 aromatic carbocycles. The van der Waals surface area contributed by atoms with Gasteiger partial charge in [0.1, 0.15) is 5.75 Å². The van der Waals surface area contributed by atoms with E-state index in [4.69, 9.17) is 22.7 Å². The molecule has 0 spiro atoms. The SMILES string of the molecule is COc1ccc(-c2n[nH]c(=S)n2CCC(=O)Nc2ccc(CN3CCCC(C(N)=O)C3)cc2)cc1. The fourth-order valence-electron chi connectivity index (χ4n) is 4.31. The first kappa shape index (κ1) is 24.6. The third kappa shape index (κ3) is 6.34. The second-order valence-electron chi connectivity index (χ2n) is 8.70. The van der Waals surface area contributed by atoms with E-state index in [1.165, 1.54) is 0 Å². The minimum absolute atomic E-state index is 0.0729. The van der Waals surface area contributed by atoms with E-state index >= 15 is 0 Å². The number of carbonyl (C=O) groups is 2. The topological polar surface area (TPSA) is 118 Å². The first-order chi connectivity index (χ1) is 16.9. The molecule has 0 saturated carbocycles.